The first-order chi connectivity index (χ1) is 16.1. The van der Waals surface area contributed by atoms with Gasteiger partial charge >= 0.3 is 0 Å². The molecule has 0 unspecified atom stereocenters. The molecule has 0 aliphatic carbocycles. The van der Waals surface area contributed by atoms with Gasteiger partial charge < -0.3 is 19.0 Å². The average molecular weight is 448 g/mol. The lowest BCUT2D eigenvalue weighted by Crippen LogP contribution is -2.43. The summed E-state index contributed by atoms with van der Waals surface area (Å²) in [6.45, 7) is 6.00. The van der Waals surface area contributed by atoms with E-state index >= 15 is 0 Å². The maximum absolute atomic E-state index is 13.1. The van der Waals surface area contributed by atoms with Gasteiger partial charge in [-0.3, -0.25) is 9.59 Å². The van der Waals surface area contributed by atoms with Crippen LogP contribution >= 0.6 is 0 Å². The van der Waals surface area contributed by atoms with Crippen molar-refractivity contribution < 1.29 is 18.7 Å². The molecule has 5 rings (SSSR count). The van der Waals surface area contributed by atoms with Gasteiger partial charge in [-0.1, -0.05) is 17.7 Å². The summed E-state index contributed by atoms with van der Waals surface area (Å²) in [5.41, 5.74) is 4.05. The van der Waals surface area contributed by atoms with Gasteiger partial charge in [0, 0.05) is 43.7 Å². The summed E-state index contributed by atoms with van der Waals surface area (Å²) in [5.74, 6) is 1.10. The molecule has 7 nitrogen and oxygen atoms in total. The largest absolute Gasteiger partial charge is 0.436 e. The third-order valence-corrected chi connectivity index (χ3v) is 6.66. The fourth-order valence-corrected chi connectivity index (χ4v) is 4.59. The number of likely N-dealkylation sites (tertiary alicyclic amines) is 1. The zero-order valence-electron chi connectivity index (χ0n) is 19.0. The van der Waals surface area contributed by atoms with Crippen LogP contribution in [0.3, 0.4) is 0 Å². The molecule has 0 atom stereocenters. The van der Waals surface area contributed by atoms with Gasteiger partial charge in [-0.2, -0.15) is 0 Å². The molecule has 0 saturated carbocycles. The minimum Gasteiger partial charge on any atom is -0.436 e. The second kappa shape index (κ2) is 9.35. The number of hydrogen-bond donors (Lipinski definition) is 0. The number of aryl methyl sites for hydroxylation is 1. The highest BCUT2D eigenvalue weighted by atomic mass is 16.5. The molecule has 3 aromatic rings. The van der Waals surface area contributed by atoms with Crippen molar-refractivity contribution in [1.82, 2.24) is 14.8 Å². The summed E-state index contributed by atoms with van der Waals surface area (Å²) in [6.07, 6.45) is 2.27. The fourth-order valence-electron chi connectivity index (χ4n) is 4.59. The summed E-state index contributed by atoms with van der Waals surface area (Å²) in [6, 6.07) is 13.5. The van der Waals surface area contributed by atoms with Crippen molar-refractivity contribution in [3.05, 3.63) is 53.6 Å². The molecule has 2 amide bonds. The quantitative estimate of drug-likeness (QED) is 0.606. The maximum Gasteiger partial charge on any atom is 0.253 e. The zero-order valence-corrected chi connectivity index (χ0v) is 19.0. The van der Waals surface area contributed by atoms with Crippen LogP contribution < -0.4 is 0 Å². The van der Waals surface area contributed by atoms with E-state index in [0.717, 1.165) is 23.9 Å². The van der Waals surface area contributed by atoms with Crippen molar-refractivity contribution in [1.29, 1.82) is 0 Å². The monoisotopic (exact) mass is 447 g/mol. The third-order valence-electron chi connectivity index (χ3n) is 6.66. The van der Waals surface area contributed by atoms with Gasteiger partial charge in [0.15, 0.2) is 5.58 Å². The van der Waals surface area contributed by atoms with E-state index < -0.39 is 0 Å². The van der Waals surface area contributed by atoms with Gasteiger partial charge in [0.2, 0.25) is 11.8 Å². The molecule has 33 heavy (non-hydrogen) atoms. The number of aromatic nitrogens is 1. The Morgan fingerprint density at radius 2 is 1.70 bits per heavy atom. The van der Waals surface area contributed by atoms with E-state index in [4.69, 9.17) is 9.15 Å². The first-order valence-electron chi connectivity index (χ1n) is 11.7. The van der Waals surface area contributed by atoms with E-state index in [1.54, 1.807) is 6.07 Å². The highest BCUT2D eigenvalue weighted by molar-refractivity contribution is 5.97. The van der Waals surface area contributed by atoms with Crippen molar-refractivity contribution in [3.63, 3.8) is 0 Å². The zero-order chi connectivity index (χ0) is 22.8. The molecule has 2 aromatic carbocycles. The lowest BCUT2D eigenvalue weighted by Gasteiger charge is -2.33. The van der Waals surface area contributed by atoms with Gasteiger partial charge in [-0.05, 0) is 56.0 Å². The topological polar surface area (TPSA) is 75.9 Å². The standard InChI is InChI=1S/C26H29N3O4/c1-18-2-4-20(5-3-18)25-27-22-7-6-21(17-23(22)33-25)26(31)29-10-8-19(9-11-29)16-24(30)28-12-14-32-15-13-28/h2-7,17,19H,8-16H2,1H3. The Morgan fingerprint density at radius 3 is 2.42 bits per heavy atom. The Labute approximate surface area is 193 Å². The van der Waals surface area contributed by atoms with Gasteiger partial charge in [-0.25, -0.2) is 4.98 Å². The summed E-state index contributed by atoms with van der Waals surface area (Å²) in [4.78, 5) is 34.0. The number of ether oxygens (including phenoxy) is 1. The maximum atomic E-state index is 13.1. The Bertz CT molecular complexity index is 1140. The van der Waals surface area contributed by atoms with Crippen molar-refractivity contribution in [2.45, 2.75) is 26.2 Å². The van der Waals surface area contributed by atoms with E-state index in [9.17, 15) is 9.59 Å². The molecule has 3 heterocycles. The highest BCUT2D eigenvalue weighted by Crippen LogP contribution is 2.27. The number of carbonyl (C=O) groups is 2. The predicted octanol–water partition coefficient (Wildman–Crippen LogP) is 3.90. The molecule has 0 N–H and O–H groups in total. The van der Waals surface area contributed by atoms with Crippen LogP contribution in [-0.4, -0.2) is 66.0 Å². The molecule has 2 aliphatic heterocycles. The van der Waals surface area contributed by atoms with E-state index in [0.29, 0.717) is 68.8 Å². The minimum atomic E-state index is 0.00291. The molecule has 2 aliphatic rings. The van der Waals surface area contributed by atoms with Crippen LogP contribution in [0, 0.1) is 12.8 Å². The van der Waals surface area contributed by atoms with Gasteiger partial charge in [-0.15, -0.1) is 0 Å². The molecule has 172 valence electrons. The number of nitrogens with zero attached hydrogens (tertiary/aromatic N) is 3. The molecule has 0 spiro atoms. The van der Waals surface area contributed by atoms with E-state index in [2.05, 4.69) is 4.98 Å². The summed E-state index contributed by atoms with van der Waals surface area (Å²) in [5, 5.41) is 0. The van der Waals surface area contributed by atoms with E-state index in [1.807, 2.05) is 53.1 Å². The SMILES string of the molecule is Cc1ccc(-c2nc3ccc(C(=O)N4CCC(CC(=O)N5CCOCC5)CC4)cc3o2)cc1. The summed E-state index contributed by atoms with van der Waals surface area (Å²) >= 11 is 0. The number of amides is 2. The number of morpholine rings is 1. The van der Waals surface area contributed by atoms with Crippen molar-refractivity contribution in [2.75, 3.05) is 39.4 Å². The number of piperidine rings is 1. The van der Waals surface area contributed by atoms with Crippen LogP contribution in [0.15, 0.2) is 46.9 Å². The van der Waals surface area contributed by atoms with Crippen molar-refractivity contribution in [2.24, 2.45) is 5.92 Å². The van der Waals surface area contributed by atoms with Crippen LogP contribution in [0.25, 0.3) is 22.6 Å². The van der Waals surface area contributed by atoms with Crippen LogP contribution in [0.4, 0.5) is 0 Å². The first kappa shape index (κ1) is 21.6. The van der Waals surface area contributed by atoms with Crippen molar-refractivity contribution in [3.8, 4) is 11.5 Å². The molecular weight excluding hydrogens is 418 g/mol. The van der Waals surface area contributed by atoms with E-state index in [1.165, 1.54) is 5.56 Å². The van der Waals surface area contributed by atoms with Crippen LogP contribution in [0.5, 0.6) is 0 Å². The number of carbonyl (C=O) groups excluding carboxylic acids is 2. The van der Waals surface area contributed by atoms with Crippen LogP contribution in [0.1, 0.15) is 35.2 Å². The number of benzene rings is 2. The normalized spacial score (nSPS) is 17.5. The number of oxazole rings is 1. The Balaban J connectivity index is 1.21. The lowest BCUT2D eigenvalue weighted by atomic mass is 9.92. The molecule has 7 heteroatoms. The molecule has 0 bridgehead atoms. The predicted molar refractivity (Wildman–Crippen MR) is 125 cm³/mol. The average Bonchev–Trinajstić information content (AvgIpc) is 3.28. The molecule has 0 radical (unpaired) electrons. The van der Waals surface area contributed by atoms with Gasteiger partial charge in [0.1, 0.15) is 5.52 Å². The third kappa shape index (κ3) is 4.78. The fraction of sp³-hybridized carbons (Fsp3) is 0.423. The molecule has 2 saturated heterocycles. The number of rotatable bonds is 4. The van der Waals surface area contributed by atoms with Gasteiger partial charge in [0.05, 0.1) is 13.2 Å². The second-order valence-corrected chi connectivity index (χ2v) is 9.00. The molecule has 1 aromatic heterocycles. The van der Waals surface area contributed by atoms with Crippen LogP contribution in [-0.2, 0) is 9.53 Å². The van der Waals surface area contributed by atoms with E-state index in [-0.39, 0.29) is 11.8 Å². The highest BCUT2D eigenvalue weighted by Gasteiger charge is 2.27. The Morgan fingerprint density at radius 1 is 0.970 bits per heavy atom. The summed E-state index contributed by atoms with van der Waals surface area (Å²) in [7, 11) is 0. The summed E-state index contributed by atoms with van der Waals surface area (Å²) < 4.78 is 11.3. The minimum absolute atomic E-state index is 0.00291. The molecular formula is C26H29N3O4. The van der Waals surface area contributed by atoms with Crippen molar-refractivity contribution >= 4 is 22.9 Å². The smallest absolute Gasteiger partial charge is 0.253 e. The first-order valence-corrected chi connectivity index (χ1v) is 11.7. The molecule has 2 fully saturated rings. The van der Waals surface area contributed by atoms with Crippen LogP contribution in [0.2, 0.25) is 0 Å². The lowest BCUT2D eigenvalue weighted by molar-refractivity contribution is -0.136. The Hall–Kier alpha value is -3.19. The number of fused-ring (bicyclic) bond motifs is 1. The second-order valence-electron chi connectivity index (χ2n) is 9.00. The van der Waals surface area contributed by atoms with Gasteiger partial charge in [0.25, 0.3) is 5.91 Å². The number of hydrogen-bond acceptors (Lipinski definition) is 5. The Kier molecular flexibility index (Phi) is 6.13.